The van der Waals surface area contributed by atoms with Gasteiger partial charge in [0, 0.05) is 50.8 Å². The monoisotopic (exact) mass is 307 g/mol. The molecule has 1 N–H and O–H groups in total. The van der Waals surface area contributed by atoms with Crippen molar-refractivity contribution in [2.75, 3.05) is 19.8 Å². The summed E-state index contributed by atoms with van der Waals surface area (Å²) in [5.74, 6) is 1.87. The molecule has 0 aromatic carbocycles. The molecular formula is C17H29N3O2. The normalized spacial score (nSPS) is 28.1. The summed E-state index contributed by atoms with van der Waals surface area (Å²) in [6, 6.07) is 0.893. The van der Waals surface area contributed by atoms with E-state index in [1.165, 1.54) is 19.3 Å². The van der Waals surface area contributed by atoms with E-state index < -0.39 is 0 Å². The molecule has 0 radical (unpaired) electrons. The van der Waals surface area contributed by atoms with Gasteiger partial charge in [0.25, 0.3) is 0 Å². The molecule has 3 atom stereocenters. The van der Waals surface area contributed by atoms with Crippen LogP contribution in [0.2, 0.25) is 0 Å². The van der Waals surface area contributed by atoms with Gasteiger partial charge in [-0.05, 0) is 45.4 Å². The molecule has 5 nitrogen and oxygen atoms in total. The summed E-state index contributed by atoms with van der Waals surface area (Å²) < 4.78 is 13.6. The molecule has 2 aliphatic rings. The number of aromatic nitrogens is 2. The number of ether oxygens (including phenoxy) is 2. The van der Waals surface area contributed by atoms with E-state index in [1.54, 1.807) is 0 Å². The summed E-state index contributed by atoms with van der Waals surface area (Å²) >= 11 is 0. The lowest BCUT2D eigenvalue weighted by atomic mass is 9.92. The molecule has 2 saturated heterocycles. The summed E-state index contributed by atoms with van der Waals surface area (Å²) in [6.07, 6.45) is 8.72. The Kier molecular flexibility index (Phi) is 5.50. The molecule has 1 unspecified atom stereocenters. The van der Waals surface area contributed by atoms with Crippen molar-refractivity contribution in [1.82, 2.24) is 14.9 Å². The van der Waals surface area contributed by atoms with Crippen molar-refractivity contribution in [3.63, 3.8) is 0 Å². The molecule has 3 heterocycles. The molecule has 0 aliphatic carbocycles. The molecule has 0 saturated carbocycles. The van der Waals surface area contributed by atoms with Gasteiger partial charge < -0.3 is 19.4 Å². The second-order valence-corrected chi connectivity index (χ2v) is 6.62. The van der Waals surface area contributed by atoms with Gasteiger partial charge in [0.2, 0.25) is 0 Å². The Morgan fingerprint density at radius 2 is 2.14 bits per heavy atom. The standard InChI is InChI=1S/C17H29N3O2/c1-3-20-8-7-18-17(20)16-15(6-11-22-16)19-13(2)12-14-4-9-21-10-5-14/h7-8,13-16,19H,3-6,9-12H2,1-2H3/t13?,15-,16-/m0/s1. The van der Waals surface area contributed by atoms with E-state index in [-0.39, 0.29) is 6.10 Å². The predicted molar refractivity (Wildman–Crippen MR) is 85.8 cm³/mol. The summed E-state index contributed by atoms with van der Waals surface area (Å²) in [4.78, 5) is 4.52. The van der Waals surface area contributed by atoms with Crippen LogP contribution in [0.5, 0.6) is 0 Å². The third kappa shape index (κ3) is 3.70. The lowest BCUT2D eigenvalue weighted by molar-refractivity contribution is 0.0584. The molecular weight excluding hydrogens is 278 g/mol. The number of rotatable bonds is 6. The van der Waals surface area contributed by atoms with Crippen LogP contribution in [0.4, 0.5) is 0 Å². The zero-order valence-electron chi connectivity index (χ0n) is 13.8. The van der Waals surface area contributed by atoms with Crippen LogP contribution < -0.4 is 5.32 Å². The number of nitrogens with one attached hydrogen (secondary N) is 1. The fourth-order valence-corrected chi connectivity index (χ4v) is 3.78. The van der Waals surface area contributed by atoms with Crippen LogP contribution in [-0.4, -0.2) is 41.5 Å². The minimum Gasteiger partial charge on any atom is -0.381 e. The molecule has 0 bridgehead atoms. The maximum Gasteiger partial charge on any atom is 0.139 e. The van der Waals surface area contributed by atoms with E-state index in [0.29, 0.717) is 12.1 Å². The van der Waals surface area contributed by atoms with E-state index in [1.807, 2.05) is 12.4 Å². The summed E-state index contributed by atoms with van der Waals surface area (Å²) in [5.41, 5.74) is 0. The summed E-state index contributed by atoms with van der Waals surface area (Å²) in [5, 5.41) is 3.80. The topological polar surface area (TPSA) is 48.3 Å². The highest BCUT2D eigenvalue weighted by atomic mass is 16.5. The van der Waals surface area contributed by atoms with E-state index in [9.17, 15) is 0 Å². The van der Waals surface area contributed by atoms with Crippen molar-refractivity contribution >= 4 is 0 Å². The van der Waals surface area contributed by atoms with Gasteiger partial charge in [-0.15, -0.1) is 0 Å². The van der Waals surface area contributed by atoms with Gasteiger partial charge in [-0.1, -0.05) is 0 Å². The molecule has 1 aromatic rings. The van der Waals surface area contributed by atoms with E-state index in [0.717, 1.165) is 44.5 Å². The number of nitrogens with zero attached hydrogens (tertiary/aromatic N) is 2. The second kappa shape index (κ2) is 7.57. The van der Waals surface area contributed by atoms with Crippen molar-refractivity contribution in [2.24, 2.45) is 5.92 Å². The Morgan fingerprint density at radius 1 is 1.32 bits per heavy atom. The summed E-state index contributed by atoms with van der Waals surface area (Å²) in [7, 11) is 0. The SMILES string of the molecule is CCn1ccnc1[C@H]1OCC[C@@H]1NC(C)CC1CCOCC1. The third-order valence-electron chi connectivity index (χ3n) is 4.96. The first-order valence-electron chi connectivity index (χ1n) is 8.74. The Balaban J connectivity index is 1.56. The van der Waals surface area contributed by atoms with E-state index in [4.69, 9.17) is 9.47 Å². The van der Waals surface area contributed by atoms with E-state index in [2.05, 4.69) is 28.7 Å². The van der Waals surface area contributed by atoms with Gasteiger partial charge in [-0.25, -0.2) is 4.98 Å². The quantitative estimate of drug-likeness (QED) is 0.877. The van der Waals surface area contributed by atoms with Crippen LogP contribution in [0.25, 0.3) is 0 Å². The minimum atomic E-state index is 0.0899. The Bertz CT molecular complexity index is 457. The molecule has 2 aliphatic heterocycles. The predicted octanol–water partition coefficient (Wildman–Crippen LogP) is 2.53. The van der Waals surface area contributed by atoms with Gasteiger partial charge in [0.05, 0.1) is 0 Å². The number of imidazole rings is 1. The van der Waals surface area contributed by atoms with Crippen LogP contribution in [-0.2, 0) is 16.0 Å². The lowest BCUT2D eigenvalue weighted by Crippen LogP contribution is -2.40. The fraction of sp³-hybridized carbons (Fsp3) is 0.824. The van der Waals surface area contributed by atoms with Crippen LogP contribution in [0.1, 0.15) is 51.5 Å². The average molecular weight is 307 g/mol. The molecule has 1 aromatic heterocycles. The van der Waals surface area contributed by atoms with E-state index >= 15 is 0 Å². The first-order valence-corrected chi connectivity index (χ1v) is 8.74. The molecule has 3 rings (SSSR count). The molecule has 124 valence electrons. The maximum atomic E-state index is 5.98. The number of hydrogen-bond donors (Lipinski definition) is 1. The first-order chi connectivity index (χ1) is 10.8. The molecule has 2 fully saturated rings. The second-order valence-electron chi connectivity index (χ2n) is 6.62. The largest absolute Gasteiger partial charge is 0.381 e. The first kappa shape index (κ1) is 16.0. The number of aryl methyl sites for hydroxylation is 1. The lowest BCUT2D eigenvalue weighted by Gasteiger charge is -2.28. The minimum absolute atomic E-state index is 0.0899. The van der Waals surface area contributed by atoms with Crippen LogP contribution in [0, 0.1) is 5.92 Å². The van der Waals surface area contributed by atoms with Crippen molar-refractivity contribution in [3.05, 3.63) is 18.2 Å². The van der Waals surface area contributed by atoms with Gasteiger partial charge in [-0.3, -0.25) is 0 Å². The van der Waals surface area contributed by atoms with Crippen molar-refractivity contribution in [1.29, 1.82) is 0 Å². The van der Waals surface area contributed by atoms with Crippen molar-refractivity contribution < 1.29 is 9.47 Å². The highest BCUT2D eigenvalue weighted by molar-refractivity contribution is 5.03. The fourth-order valence-electron chi connectivity index (χ4n) is 3.78. The smallest absolute Gasteiger partial charge is 0.139 e. The average Bonchev–Trinajstić information content (AvgIpc) is 3.16. The molecule has 5 heteroatoms. The highest BCUT2D eigenvalue weighted by Gasteiger charge is 2.33. The Morgan fingerprint density at radius 3 is 2.91 bits per heavy atom. The van der Waals surface area contributed by atoms with Crippen molar-refractivity contribution in [2.45, 2.75) is 64.3 Å². The van der Waals surface area contributed by atoms with Crippen LogP contribution in [0.3, 0.4) is 0 Å². The van der Waals surface area contributed by atoms with Gasteiger partial charge >= 0.3 is 0 Å². The zero-order valence-corrected chi connectivity index (χ0v) is 13.8. The van der Waals surface area contributed by atoms with Gasteiger partial charge in [0.1, 0.15) is 11.9 Å². The maximum absolute atomic E-state index is 5.98. The van der Waals surface area contributed by atoms with Crippen LogP contribution in [0.15, 0.2) is 12.4 Å². The molecule has 0 spiro atoms. The van der Waals surface area contributed by atoms with Gasteiger partial charge in [0.15, 0.2) is 0 Å². The molecule has 22 heavy (non-hydrogen) atoms. The van der Waals surface area contributed by atoms with Crippen LogP contribution >= 0.6 is 0 Å². The van der Waals surface area contributed by atoms with Gasteiger partial charge in [-0.2, -0.15) is 0 Å². The Labute approximate surface area is 133 Å². The van der Waals surface area contributed by atoms with Crippen molar-refractivity contribution in [3.8, 4) is 0 Å². The Hall–Kier alpha value is -0.910. The highest BCUT2D eigenvalue weighted by Crippen LogP contribution is 2.29. The zero-order chi connectivity index (χ0) is 15.4. The molecule has 0 amide bonds. The number of hydrogen-bond acceptors (Lipinski definition) is 4. The third-order valence-corrected chi connectivity index (χ3v) is 4.96. The summed E-state index contributed by atoms with van der Waals surface area (Å²) in [6.45, 7) is 8.08.